The molecule has 0 radical (unpaired) electrons. The van der Waals surface area contributed by atoms with Gasteiger partial charge >= 0.3 is 11.9 Å². The molecule has 1 N–H and O–H groups in total. The molecule has 8 aromatic carbocycles. The minimum atomic E-state index is -0.682. The van der Waals surface area contributed by atoms with Crippen LogP contribution in [0.25, 0.3) is 66.8 Å². The third-order valence-electron chi connectivity index (χ3n) is 22.0. The van der Waals surface area contributed by atoms with Crippen molar-refractivity contribution in [2.24, 2.45) is 5.41 Å². The lowest BCUT2D eigenvalue weighted by molar-refractivity contribution is -0.155. The highest BCUT2D eigenvalue weighted by atomic mass is 16.6. The molecule has 1 unspecified atom stereocenters. The number of esters is 1. The molecule has 8 aromatic rings. The zero-order valence-corrected chi connectivity index (χ0v) is 59.4. The van der Waals surface area contributed by atoms with Crippen LogP contribution in [0.1, 0.15) is 271 Å². The average molecular weight is 1250 g/mol. The SMILES string of the molecule is CCCCCC(=O)O.CCCCCCCCC1(CCCCCCCC)c2cc(-c3ccc4c(c3)C3(c5cc(C)ccc5-c5ccc(C)cc53)c3cc(C)ccc3-4)ccc2-c2ccc(-c3ccc4c(c3)C(CCCCCC(=O)OC(C)(C)C)(C(C)(C)C)c3ccccc3-4)cc21. The number of carbonyl (C=O) groups excluding carboxylic acids is 1. The summed E-state index contributed by atoms with van der Waals surface area (Å²) >= 11 is 0. The van der Waals surface area contributed by atoms with Crippen molar-refractivity contribution in [1.82, 2.24) is 0 Å². The van der Waals surface area contributed by atoms with Crippen LogP contribution in [0, 0.1) is 26.2 Å². The number of carboxylic acid groups (broad SMARTS) is 1. The van der Waals surface area contributed by atoms with Crippen LogP contribution in [-0.2, 0) is 30.6 Å². The maximum absolute atomic E-state index is 12.8. The lowest BCUT2D eigenvalue weighted by Gasteiger charge is -2.44. The number of hydrogen-bond donors (Lipinski definition) is 1. The van der Waals surface area contributed by atoms with Gasteiger partial charge in [-0.15, -0.1) is 0 Å². The highest BCUT2D eigenvalue weighted by Gasteiger charge is 2.53. The van der Waals surface area contributed by atoms with Gasteiger partial charge in [-0.2, -0.15) is 0 Å². The Morgan fingerprint density at radius 2 is 0.702 bits per heavy atom. The molecule has 0 bridgehead atoms. The number of aryl methyl sites for hydroxylation is 3. The summed E-state index contributed by atoms with van der Waals surface area (Å²) in [6.07, 6.45) is 25.4. The number of benzene rings is 8. The van der Waals surface area contributed by atoms with Crippen LogP contribution in [0.2, 0.25) is 0 Å². The van der Waals surface area contributed by atoms with Gasteiger partial charge in [-0.1, -0.05) is 288 Å². The lowest BCUT2D eigenvalue weighted by atomic mass is 9.58. The second-order valence-corrected chi connectivity index (χ2v) is 30.8. The zero-order valence-electron chi connectivity index (χ0n) is 59.4. The minimum Gasteiger partial charge on any atom is -0.481 e. The van der Waals surface area contributed by atoms with Crippen LogP contribution < -0.4 is 0 Å². The molecule has 4 nitrogen and oxygen atoms in total. The standard InChI is InChI=1S/C84H96O2.C6H12O2/c1-12-14-16-18-20-26-46-82(47-27-21-19-17-15-13-2)72-52-59(61-37-44-66-63-29-24-25-30-71(63)83(74(66)54-61,80(6,7)8)48-28-22-23-31-79(85)86-81(9,10)11)35-42-64(72)65-43-36-60(53-73(65)82)62-38-45-70-69-41-34-58(5)51-77(69)84(78(70)55-62)75-49-56(3)32-39-67(75)68-40-33-57(4)50-76(68)84;1-2-3-4-5-6(7)8/h24-25,29-30,32-45,49-55H,12-23,26-28,31,46-48H2,1-11H3;2-5H2,1H3,(H,7,8). The first-order chi connectivity index (χ1) is 45.2. The minimum absolute atomic E-state index is 0.0641. The monoisotopic (exact) mass is 1250 g/mol. The fraction of sp³-hybridized carbons (Fsp3) is 0.444. The quantitative estimate of drug-likeness (QED) is 0.0433. The van der Waals surface area contributed by atoms with E-state index in [2.05, 4.69) is 214 Å². The number of hydrogen-bond acceptors (Lipinski definition) is 3. The van der Waals surface area contributed by atoms with Gasteiger partial charge in [0.25, 0.3) is 0 Å². The Morgan fingerprint density at radius 1 is 0.362 bits per heavy atom. The first kappa shape index (κ1) is 68.1. The van der Waals surface area contributed by atoms with Crippen molar-refractivity contribution >= 4 is 11.9 Å². The molecular weight excluding hydrogens is 1140 g/mol. The van der Waals surface area contributed by atoms with E-state index in [1.165, 1.54) is 194 Å². The van der Waals surface area contributed by atoms with E-state index < -0.39 is 17.0 Å². The van der Waals surface area contributed by atoms with Gasteiger partial charge in [0.1, 0.15) is 5.60 Å². The van der Waals surface area contributed by atoms with Gasteiger partial charge in [-0.05, 0) is 215 Å². The highest BCUT2D eigenvalue weighted by molar-refractivity contribution is 5.97. The molecule has 12 rings (SSSR count). The van der Waals surface area contributed by atoms with Gasteiger partial charge in [0.05, 0.1) is 5.41 Å². The summed E-state index contributed by atoms with van der Waals surface area (Å²) in [6.45, 7) is 26.8. The van der Waals surface area contributed by atoms with Crippen LogP contribution >= 0.6 is 0 Å². The number of unbranched alkanes of at least 4 members (excludes halogenated alkanes) is 14. The zero-order chi connectivity index (χ0) is 66.6. The molecule has 4 aliphatic carbocycles. The van der Waals surface area contributed by atoms with Crippen LogP contribution in [0.15, 0.2) is 152 Å². The van der Waals surface area contributed by atoms with Crippen LogP contribution in [0.5, 0.6) is 0 Å². The molecule has 0 heterocycles. The topological polar surface area (TPSA) is 63.6 Å². The fourth-order valence-corrected chi connectivity index (χ4v) is 17.4. The van der Waals surface area contributed by atoms with Crippen LogP contribution in [0.4, 0.5) is 0 Å². The molecule has 0 aliphatic heterocycles. The third kappa shape index (κ3) is 13.1. The summed E-state index contributed by atoms with van der Waals surface area (Å²) in [4.78, 5) is 22.7. The summed E-state index contributed by atoms with van der Waals surface area (Å²) in [5.41, 5.74) is 30.7. The van der Waals surface area contributed by atoms with E-state index in [-0.39, 0.29) is 22.2 Å². The number of carboxylic acids is 1. The fourth-order valence-electron chi connectivity index (χ4n) is 17.4. The summed E-state index contributed by atoms with van der Waals surface area (Å²) < 4.78 is 5.72. The van der Waals surface area contributed by atoms with Gasteiger partial charge in [0, 0.05) is 23.7 Å². The average Bonchev–Trinajstić information content (AvgIpc) is 1.51. The molecule has 94 heavy (non-hydrogen) atoms. The Labute approximate surface area is 565 Å². The maximum Gasteiger partial charge on any atom is 0.306 e. The predicted molar refractivity (Wildman–Crippen MR) is 396 cm³/mol. The number of fused-ring (bicyclic) bond motifs is 16. The Kier molecular flexibility index (Phi) is 20.7. The van der Waals surface area contributed by atoms with E-state index >= 15 is 0 Å². The summed E-state index contributed by atoms with van der Waals surface area (Å²) in [5, 5.41) is 8.14. The van der Waals surface area contributed by atoms with Crippen molar-refractivity contribution in [3.8, 4) is 66.8 Å². The Balaban J connectivity index is 0.00000106. The van der Waals surface area contributed by atoms with Crippen molar-refractivity contribution in [2.75, 3.05) is 0 Å². The van der Waals surface area contributed by atoms with E-state index in [1.54, 1.807) is 11.1 Å². The van der Waals surface area contributed by atoms with E-state index in [1.807, 2.05) is 20.8 Å². The Bertz CT molecular complexity index is 3950. The second-order valence-electron chi connectivity index (χ2n) is 30.8. The summed E-state index contributed by atoms with van der Waals surface area (Å²) in [6, 6.07) is 61.3. The summed E-state index contributed by atoms with van der Waals surface area (Å²) in [7, 11) is 0. The molecule has 0 saturated heterocycles. The van der Waals surface area contributed by atoms with Gasteiger partial charge in [-0.25, -0.2) is 0 Å². The predicted octanol–water partition coefficient (Wildman–Crippen LogP) is 25.3. The van der Waals surface area contributed by atoms with Crippen LogP contribution in [-0.4, -0.2) is 22.6 Å². The van der Waals surface area contributed by atoms with Gasteiger partial charge in [0.2, 0.25) is 0 Å². The third-order valence-corrected chi connectivity index (χ3v) is 22.0. The largest absolute Gasteiger partial charge is 0.481 e. The Morgan fingerprint density at radius 3 is 1.15 bits per heavy atom. The molecule has 0 saturated carbocycles. The molecule has 0 aromatic heterocycles. The molecule has 1 atom stereocenters. The van der Waals surface area contributed by atoms with E-state index in [0.29, 0.717) is 12.8 Å². The molecule has 1 spiro atoms. The smallest absolute Gasteiger partial charge is 0.306 e. The Hall–Kier alpha value is -7.30. The van der Waals surface area contributed by atoms with Gasteiger partial charge in [-0.3, -0.25) is 9.59 Å². The lowest BCUT2D eigenvalue weighted by Crippen LogP contribution is -2.39. The first-order valence-electron chi connectivity index (χ1n) is 36.7. The molecule has 492 valence electrons. The number of rotatable bonds is 26. The normalized spacial score (nSPS) is 15.5. The van der Waals surface area contributed by atoms with Crippen molar-refractivity contribution in [2.45, 2.75) is 253 Å². The summed E-state index contributed by atoms with van der Waals surface area (Å²) in [5.74, 6) is -0.773. The first-order valence-corrected chi connectivity index (χ1v) is 36.7. The number of aliphatic carboxylic acids is 1. The second kappa shape index (κ2) is 28.6. The van der Waals surface area contributed by atoms with E-state index in [0.717, 1.165) is 57.8 Å². The number of ether oxygens (including phenoxy) is 1. The molecule has 0 amide bonds. The van der Waals surface area contributed by atoms with E-state index in [4.69, 9.17) is 9.84 Å². The maximum atomic E-state index is 12.8. The van der Waals surface area contributed by atoms with Gasteiger partial charge < -0.3 is 9.84 Å². The van der Waals surface area contributed by atoms with E-state index in [9.17, 15) is 9.59 Å². The van der Waals surface area contributed by atoms with Crippen molar-refractivity contribution in [1.29, 1.82) is 0 Å². The van der Waals surface area contributed by atoms with Crippen molar-refractivity contribution in [3.63, 3.8) is 0 Å². The molecular formula is C90H108O4. The highest BCUT2D eigenvalue weighted by Crippen LogP contribution is 2.65. The number of carbonyl (C=O) groups is 2. The molecule has 4 heteroatoms. The van der Waals surface area contributed by atoms with Gasteiger partial charge in [0.15, 0.2) is 0 Å². The molecule has 0 fully saturated rings. The van der Waals surface area contributed by atoms with Crippen molar-refractivity contribution < 1.29 is 19.4 Å². The van der Waals surface area contributed by atoms with Crippen LogP contribution in [0.3, 0.4) is 0 Å². The van der Waals surface area contributed by atoms with Crippen molar-refractivity contribution in [3.05, 3.63) is 213 Å². The molecule has 4 aliphatic rings.